The van der Waals surface area contributed by atoms with Gasteiger partial charge in [0, 0.05) is 48.8 Å². The third kappa shape index (κ3) is 3.00. The summed E-state index contributed by atoms with van der Waals surface area (Å²) >= 11 is 0. The van der Waals surface area contributed by atoms with Gasteiger partial charge in [-0.2, -0.15) is 0 Å². The fourth-order valence-corrected chi connectivity index (χ4v) is 3.32. The Morgan fingerprint density at radius 2 is 2.13 bits per heavy atom. The van der Waals surface area contributed by atoms with Gasteiger partial charge < -0.3 is 9.80 Å². The zero-order valence-electron chi connectivity index (χ0n) is 13.1. The Balaban J connectivity index is 1.79. The van der Waals surface area contributed by atoms with Crippen LogP contribution in [0, 0.1) is 12.8 Å². The highest BCUT2D eigenvalue weighted by Gasteiger charge is 2.30. The summed E-state index contributed by atoms with van der Waals surface area (Å²) in [6.45, 7) is 3.63. The van der Waals surface area contributed by atoms with Crippen molar-refractivity contribution in [2.75, 3.05) is 29.4 Å². The Morgan fingerprint density at radius 3 is 2.78 bits per heavy atom. The molecule has 0 spiro atoms. The van der Waals surface area contributed by atoms with Crippen molar-refractivity contribution in [3.8, 4) is 0 Å². The van der Waals surface area contributed by atoms with E-state index >= 15 is 0 Å². The van der Waals surface area contributed by atoms with E-state index in [1.54, 1.807) is 4.90 Å². The zero-order chi connectivity index (χ0) is 16.4. The van der Waals surface area contributed by atoms with Crippen LogP contribution in [-0.4, -0.2) is 31.4 Å². The number of carbonyl (C=O) groups is 2. The van der Waals surface area contributed by atoms with Gasteiger partial charge in [-0.15, -0.1) is 0 Å². The third-order valence-electron chi connectivity index (χ3n) is 4.46. The fraction of sp³-hybridized carbons (Fsp3) is 0.500. The number of nitrogens with zero attached hydrogens (tertiary/aromatic N) is 5. The number of azide groups is 1. The minimum Gasteiger partial charge on any atom is -0.312 e. The van der Waals surface area contributed by atoms with E-state index in [0.717, 1.165) is 29.9 Å². The Morgan fingerprint density at radius 1 is 1.30 bits per heavy atom. The smallest absolute Gasteiger partial charge is 0.227 e. The Hall–Kier alpha value is -2.53. The maximum atomic E-state index is 12.2. The first kappa shape index (κ1) is 15.4. The third-order valence-corrected chi connectivity index (χ3v) is 4.46. The first-order valence-corrected chi connectivity index (χ1v) is 7.82. The standard InChI is InChI=1S/C16H19N5O2/c1-11-7-13(4-5-14(11)20-6-2-3-15(20)22)21-10-12(8-16(21)23)9-18-19-17/h4-5,7,12H,2-3,6,8-10H2,1H3. The maximum Gasteiger partial charge on any atom is 0.227 e. The molecule has 0 aliphatic carbocycles. The molecule has 1 aromatic carbocycles. The number of hydrogen-bond donors (Lipinski definition) is 0. The van der Waals surface area contributed by atoms with Crippen LogP contribution in [0.1, 0.15) is 24.8 Å². The lowest BCUT2D eigenvalue weighted by molar-refractivity contribution is -0.118. The number of rotatable bonds is 4. The number of carbonyl (C=O) groups excluding carboxylic acids is 2. The average Bonchev–Trinajstić information content (AvgIpc) is 3.11. The number of benzene rings is 1. The lowest BCUT2D eigenvalue weighted by atomic mass is 10.1. The summed E-state index contributed by atoms with van der Waals surface area (Å²) < 4.78 is 0. The second-order valence-corrected chi connectivity index (χ2v) is 6.11. The van der Waals surface area contributed by atoms with Gasteiger partial charge >= 0.3 is 0 Å². The van der Waals surface area contributed by atoms with Crippen LogP contribution in [0.4, 0.5) is 11.4 Å². The van der Waals surface area contributed by atoms with E-state index in [-0.39, 0.29) is 17.7 Å². The van der Waals surface area contributed by atoms with Crippen LogP contribution in [0.15, 0.2) is 23.3 Å². The molecule has 1 aromatic rings. The molecule has 7 heteroatoms. The molecule has 0 N–H and O–H groups in total. The van der Waals surface area contributed by atoms with Crippen molar-refractivity contribution in [2.24, 2.45) is 11.0 Å². The highest BCUT2D eigenvalue weighted by Crippen LogP contribution is 2.31. The molecule has 2 heterocycles. The molecule has 1 atom stereocenters. The van der Waals surface area contributed by atoms with Crippen LogP contribution in [0.25, 0.3) is 10.4 Å². The van der Waals surface area contributed by atoms with Crippen LogP contribution in [0.2, 0.25) is 0 Å². The molecule has 2 aliphatic rings. The van der Waals surface area contributed by atoms with Gasteiger partial charge in [0.25, 0.3) is 0 Å². The molecule has 0 bridgehead atoms. The Labute approximate surface area is 134 Å². The monoisotopic (exact) mass is 313 g/mol. The van der Waals surface area contributed by atoms with E-state index in [1.165, 1.54) is 0 Å². The number of anilines is 2. The van der Waals surface area contributed by atoms with Crippen molar-refractivity contribution in [1.29, 1.82) is 0 Å². The second-order valence-electron chi connectivity index (χ2n) is 6.11. The molecule has 0 saturated carbocycles. The SMILES string of the molecule is Cc1cc(N2CC(CN=[N+]=[N-])CC2=O)ccc1N1CCCC1=O. The van der Waals surface area contributed by atoms with Crippen molar-refractivity contribution >= 4 is 23.2 Å². The minimum absolute atomic E-state index is 0.0486. The number of hydrogen-bond acceptors (Lipinski definition) is 3. The highest BCUT2D eigenvalue weighted by atomic mass is 16.2. The molecule has 23 heavy (non-hydrogen) atoms. The predicted octanol–water partition coefficient (Wildman–Crippen LogP) is 2.79. The van der Waals surface area contributed by atoms with E-state index in [9.17, 15) is 9.59 Å². The Bertz CT molecular complexity index is 696. The summed E-state index contributed by atoms with van der Waals surface area (Å²) in [6.07, 6.45) is 1.91. The molecule has 2 saturated heterocycles. The largest absolute Gasteiger partial charge is 0.312 e. The molecule has 7 nitrogen and oxygen atoms in total. The molecular formula is C16H19N5O2. The van der Waals surface area contributed by atoms with Gasteiger partial charge in [0.1, 0.15) is 0 Å². The van der Waals surface area contributed by atoms with Crippen molar-refractivity contribution < 1.29 is 9.59 Å². The molecule has 1 unspecified atom stereocenters. The first-order valence-electron chi connectivity index (χ1n) is 7.82. The molecule has 3 rings (SSSR count). The number of amides is 2. The van der Waals surface area contributed by atoms with Gasteiger partial charge in [0.15, 0.2) is 0 Å². The lowest BCUT2D eigenvalue weighted by Crippen LogP contribution is -2.26. The van der Waals surface area contributed by atoms with E-state index in [2.05, 4.69) is 10.0 Å². The molecule has 0 radical (unpaired) electrons. The first-order chi connectivity index (χ1) is 11.1. The lowest BCUT2D eigenvalue weighted by Gasteiger charge is -2.22. The van der Waals surface area contributed by atoms with Crippen molar-refractivity contribution in [2.45, 2.75) is 26.2 Å². The molecule has 2 aliphatic heterocycles. The summed E-state index contributed by atoms with van der Waals surface area (Å²) in [4.78, 5) is 30.4. The quantitative estimate of drug-likeness (QED) is 0.486. The van der Waals surface area contributed by atoms with E-state index in [0.29, 0.717) is 25.9 Å². The van der Waals surface area contributed by atoms with Gasteiger partial charge in [-0.25, -0.2) is 0 Å². The maximum absolute atomic E-state index is 12.2. The topological polar surface area (TPSA) is 89.4 Å². The molecule has 0 aromatic heterocycles. The van der Waals surface area contributed by atoms with Crippen LogP contribution in [-0.2, 0) is 9.59 Å². The number of aryl methyl sites for hydroxylation is 1. The zero-order valence-corrected chi connectivity index (χ0v) is 13.1. The summed E-state index contributed by atoms with van der Waals surface area (Å²) in [5.41, 5.74) is 11.1. The van der Waals surface area contributed by atoms with Crippen LogP contribution in [0.5, 0.6) is 0 Å². The van der Waals surface area contributed by atoms with Crippen LogP contribution < -0.4 is 9.80 Å². The van der Waals surface area contributed by atoms with Gasteiger partial charge in [-0.05, 0) is 48.6 Å². The van der Waals surface area contributed by atoms with E-state index < -0.39 is 0 Å². The van der Waals surface area contributed by atoms with Crippen molar-refractivity contribution in [3.05, 3.63) is 34.2 Å². The van der Waals surface area contributed by atoms with Crippen molar-refractivity contribution in [1.82, 2.24) is 0 Å². The van der Waals surface area contributed by atoms with E-state index in [4.69, 9.17) is 5.53 Å². The normalized spacial score (nSPS) is 21.0. The van der Waals surface area contributed by atoms with Gasteiger partial charge in [0.2, 0.25) is 11.8 Å². The van der Waals surface area contributed by atoms with Gasteiger partial charge in [0.05, 0.1) is 0 Å². The average molecular weight is 313 g/mol. The molecule has 2 fully saturated rings. The predicted molar refractivity (Wildman–Crippen MR) is 87.2 cm³/mol. The molecule has 120 valence electrons. The summed E-state index contributed by atoms with van der Waals surface area (Å²) in [5.74, 6) is 0.276. The van der Waals surface area contributed by atoms with Gasteiger partial charge in [-0.1, -0.05) is 5.11 Å². The molecule has 2 amide bonds. The molecular weight excluding hydrogens is 294 g/mol. The van der Waals surface area contributed by atoms with Crippen LogP contribution in [0.3, 0.4) is 0 Å². The second kappa shape index (κ2) is 6.30. The minimum atomic E-state index is 0.0486. The summed E-state index contributed by atoms with van der Waals surface area (Å²) in [5, 5.41) is 3.57. The summed E-state index contributed by atoms with van der Waals surface area (Å²) in [6, 6.07) is 5.76. The van der Waals surface area contributed by atoms with Crippen molar-refractivity contribution in [3.63, 3.8) is 0 Å². The summed E-state index contributed by atoms with van der Waals surface area (Å²) in [7, 11) is 0. The Kier molecular flexibility index (Phi) is 4.21. The highest BCUT2D eigenvalue weighted by molar-refractivity contribution is 5.98. The van der Waals surface area contributed by atoms with E-state index in [1.807, 2.05) is 30.0 Å². The fourth-order valence-electron chi connectivity index (χ4n) is 3.32. The van der Waals surface area contributed by atoms with Gasteiger partial charge in [-0.3, -0.25) is 9.59 Å². The van der Waals surface area contributed by atoms with Crippen LogP contribution >= 0.6 is 0 Å².